The summed E-state index contributed by atoms with van der Waals surface area (Å²) in [7, 11) is -4.68. The standard InChI is InChI=1S/C14H25N4O7P/c1-9-13(19)11(10(6-16-9)8-25-26(22,23)24)7-17-18-12(14(20)21)4-2-3-5-15/h6,12,17-19H,2-5,7-8,15H2,1H3,(H,20,21)(H2,22,23,24)/t12-/m0/s1. The van der Waals surface area contributed by atoms with Crippen molar-refractivity contribution >= 4 is 13.8 Å². The molecule has 1 aromatic heterocycles. The number of hydrogen-bond acceptors (Lipinski definition) is 8. The first kappa shape index (κ1) is 22.5. The molecule has 26 heavy (non-hydrogen) atoms. The van der Waals surface area contributed by atoms with Crippen LogP contribution in [0.1, 0.15) is 36.1 Å². The number of aromatic nitrogens is 1. The van der Waals surface area contributed by atoms with Crippen molar-refractivity contribution in [1.29, 1.82) is 0 Å². The quantitative estimate of drug-likeness (QED) is 0.143. The second-order valence-corrected chi connectivity index (χ2v) is 6.87. The van der Waals surface area contributed by atoms with Gasteiger partial charge < -0.3 is 25.7 Å². The molecule has 0 saturated carbocycles. The van der Waals surface area contributed by atoms with Crippen LogP contribution >= 0.6 is 7.82 Å². The Balaban J connectivity index is 2.76. The van der Waals surface area contributed by atoms with Gasteiger partial charge in [0.2, 0.25) is 0 Å². The molecule has 0 saturated heterocycles. The van der Waals surface area contributed by atoms with Crippen LogP contribution in [0.2, 0.25) is 0 Å². The summed E-state index contributed by atoms with van der Waals surface area (Å²) < 4.78 is 15.3. The number of carbonyl (C=O) groups is 1. The van der Waals surface area contributed by atoms with Crippen molar-refractivity contribution in [3.05, 3.63) is 23.0 Å². The zero-order valence-corrected chi connectivity index (χ0v) is 15.3. The van der Waals surface area contributed by atoms with Gasteiger partial charge in [-0.15, -0.1) is 0 Å². The van der Waals surface area contributed by atoms with Crippen molar-refractivity contribution in [3.8, 4) is 5.75 Å². The monoisotopic (exact) mass is 392 g/mol. The number of hydrazine groups is 1. The maximum atomic E-state index is 11.2. The van der Waals surface area contributed by atoms with E-state index >= 15 is 0 Å². The van der Waals surface area contributed by atoms with E-state index in [1.54, 1.807) is 6.92 Å². The lowest BCUT2D eigenvalue weighted by Gasteiger charge is -2.18. The predicted molar refractivity (Wildman–Crippen MR) is 91.8 cm³/mol. The van der Waals surface area contributed by atoms with Crippen molar-refractivity contribution in [2.45, 2.75) is 45.4 Å². The summed E-state index contributed by atoms with van der Waals surface area (Å²) in [4.78, 5) is 32.8. The van der Waals surface area contributed by atoms with E-state index < -0.39 is 26.4 Å². The Kier molecular flexibility index (Phi) is 9.09. The molecule has 0 unspecified atom stereocenters. The van der Waals surface area contributed by atoms with Gasteiger partial charge in [-0.2, -0.15) is 0 Å². The lowest BCUT2D eigenvalue weighted by atomic mass is 10.1. The first-order valence-electron chi connectivity index (χ1n) is 7.93. The molecule has 11 nitrogen and oxygen atoms in total. The number of unbranched alkanes of at least 4 members (excludes halogenated alkanes) is 1. The molecule has 1 heterocycles. The molecule has 12 heteroatoms. The number of carboxylic acids is 1. The molecule has 0 aliphatic rings. The van der Waals surface area contributed by atoms with Gasteiger partial charge in [-0.1, -0.05) is 0 Å². The molecule has 1 rings (SSSR count). The molecule has 148 valence electrons. The van der Waals surface area contributed by atoms with E-state index in [-0.39, 0.29) is 17.9 Å². The number of aryl methyl sites for hydroxylation is 1. The van der Waals surface area contributed by atoms with Gasteiger partial charge in [0.25, 0.3) is 0 Å². The zero-order valence-electron chi connectivity index (χ0n) is 14.4. The largest absolute Gasteiger partial charge is 0.506 e. The SMILES string of the molecule is Cc1ncc(COP(=O)(O)O)c(CNN[C@@H](CCCCN)C(=O)O)c1O. The number of nitrogens with one attached hydrogen (secondary N) is 2. The normalized spacial score (nSPS) is 12.9. The van der Waals surface area contributed by atoms with Crippen LogP contribution in [0.15, 0.2) is 6.20 Å². The Morgan fingerprint density at radius 2 is 2.12 bits per heavy atom. The van der Waals surface area contributed by atoms with Crippen LogP contribution in [0, 0.1) is 6.92 Å². The Bertz CT molecular complexity index is 652. The number of phosphoric acid groups is 1. The number of pyridine rings is 1. The van der Waals surface area contributed by atoms with Crippen LogP contribution in [0.25, 0.3) is 0 Å². The van der Waals surface area contributed by atoms with Crippen molar-refractivity contribution < 1.29 is 33.9 Å². The topological polar surface area (TPSA) is 187 Å². The summed E-state index contributed by atoms with van der Waals surface area (Å²) >= 11 is 0. The van der Waals surface area contributed by atoms with Gasteiger partial charge in [0.1, 0.15) is 11.8 Å². The Morgan fingerprint density at radius 3 is 2.69 bits per heavy atom. The first-order valence-corrected chi connectivity index (χ1v) is 9.46. The molecule has 1 aromatic rings. The maximum Gasteiger partial charge on any atom is 0.469 e. The van der Waals surface area contributed by atoms with Gasteiger partial charge in [-0.3, -0.25) is 19.7 Å². The van der Waals surface area contributed by atoms with E-state index in [4.69, 9.17) is 15.5 Å². The van der Waals surface area contributed by atoms with Gasteiger partial charge in [-0.05, 0) is 32.7 Å². The summed E-state index contributed by atoms with van der Waals surface area (Å²) in [5.74, 6) is -1.20. The van der Waals surface area contributed by atoms with Crippen molar-refractivity contribution in [1.82, 2.24) is 15.8 Å². The maximum absolute atomic E-state index is 11.2. The van der Waals surface area contributed by atoms with Gasteiger partial charge in [0.15, 0.2) is 0 Å². The molecular weight excluding hydrogens is 367 g/mol. The second kappa shape index (κ2) is 10.5. The number of phosphoric ester groups is 1. The number of nitrogens with zero attached hydrogens (tertiary/aromatic N) is 1. The third kappa shape index (κ3) is 7.75. The molecule has 0 fully saturated rings. The second-order valence-electron chi connectivity index (χ2n) is 5.63. The minimum atomic E-state index is -4.68. The molecule has 0 spiro atoms. The third-order valence-corrected chi connectivity index (χ3v) is 4.07. The molecular formula is C14H25N4O7P. The molecule has 0 aliphatic carbocycles. The van der Waals surface area contributed by atoms with Crippen LogP contribution in [0.3, 0.4) is 0 Å². The number of nitrogens with two attached hydrogens (primary N) is 1. The smallest absolute Gasteiger partial charge is 0.469 e. The van der Waals surface area contributed by atoms with E-state index in [0.29, 0.717) is 37.1 Å². The van der Waals surface area contributed by atoms with Crippen molar-refractivity contribution in [2.75, 3.05) is 6.54 Å². The van der Waals surface area contributed by atoms with E-state index in [1.165, 1.54) is 6.20 Å². The van der Waals surface area contributed by atoms with E-state index in [1.807, 2.05) is 0 Å². The highest BCUT2D eigenvalue weighted by molar-refractivity contribution is 7.46. The average molecular weight is 392 g/mol. The highest BCUT2D eigenvalue weighted by Crippen LogP contribution is 2.38. The zero-order chi connectivity index (χ0) is 19.7. The Morgan fingerprint density at radius 1 is 1.42 bits per heavy atom. The van der Waals surface area contributed by atoms with E-state index in [0.717, 1.165) is 0 Å². The molecule has 0 bridgehead atoms. The molecule has 0 radical (unpaired) electrons. The summed E-state index contributed by atoms with van der Waals surface area (Å²) in [6.07, 6.45) is 3.05. The Labute approximate surface area is 150 Å². The predicted octanol–water partition coefficient (Wildman–Crippen LogP) is -0.119. The van der Waals surface area contributed by atoms with Crippen molar-refractivity contribution in [3.63, 3.8) is 0 Å². The number of hydrogen-bond donors (Lipinski definition) is 7. The van der Waals surface area contributed by atoms with Gasteiger partial charge >= 0.3 is 13.8 Å². The highest BCUT2D eigenvalue weighted by Gasteiger charge is 2.19. The van der Waals surface area contributed by atoms with Crippen LogP contribution < -0.4 is 16.6 Å². The minimum Gasteiger partial charge on any atom is -0.506 e. The van der Waals surface area contributed by atoms with Gasteiger partial charge in [-0.25, -0.2) is 9.99 Å². The molecule has 0 amide bonds. The van der Waals surface area contributed by atoms with Crippen LogP contribution in [-0.2, 0) is 27.0 Å². The fraction of sp³-hybridized carbons (Fsp3) is 0.571. The third-order valence-electron chi connectivity index (χ3n) is 3.60. The minimum absolute atomic E-state index is 0.00425. The number of carboxylic acid groups (broad SMARTS) is 1. The van der Waals surface area contributed by atoms with Gasteiger partial charge in [0, 0.05) is 23.9 Å². The van der Waals surface area contributed by atoms with Crippen LogP contribution in [-0.4, -0.2) is 43.5 Å². The van der Waals surface area contributed by atoms with Crippen LogP contribution in [0.4, 0.5) is 0 Å². The highest BCUT2D eigenvalue weighted by atomic mass is 31.2. The lowest BCUT2D eigenvalue weighted by molar-refractivity contribution is -0.140. The fourth-order valence-corrected chi connectivity index (χ4v) is 2.48. The van der Waals surface area contributed by atoms with E-state index in [9.17, 15) is 19.6 Å². The number of rotatable bonds is 12. The van der Waals surface area contributed by atoms with E-state index in [2.05, 4.69) is 20.4 Å². The van der Waals surface area contributed by atoms with Crippen molar-refractivity contribution in [2.24, 2.45) is 5.73 Å². The lowest BCUT2D eigenvalue weighted by Crippen LogP contribution is -2.45. The Hall–Kier alpha value is -1.59. The number of aliphatic carboxylic acids is 1. The first-order chi connectivity index (χ1) is 12.2. The fourth-order valence-electron chi connectivity index (χ4n) is 2.17. The summed E-state index contributed by atoms with van der Waals surface area (Å²) in [5, 5.41) is 19.3. The summed E-state index contributed by atoms with van der Waals surface area (Å²) in [5.41, 5.74) is 11.6. The number of aromatic hydroxyl groups is 1. The molecule has 0 aliphatic heterocycles. The summed E-state index contributed by atoms with van der Waals surface area (Å²) in [6, 6.07) is -0.846. The molecule has 8 N–H and O–H groups in total. The molecule has 1 atom stereocenters. The summed E-state index contributed by atoms with van der Waals surface area (Å²) in [6.45, 7) is 1.58. The average Bonchev–Trinajstić information content (AvgIpc) is 2.55. The van der Waals surface area contributed by atoms with Gasteiger partial charge in [0.05, 0.1) is 12.3 Å². The van der Waals surface area contributed by atoms with Crippen LogP contribution in [0.5, 0.6) is 5.75 Å². The molecule has 0 aromatic carbocycles.